The third-order valence-electron chi connectivity index (χ3n) is 4.60. The van der Waals surface area contributed by atoms with Crippen LogP contribution in [0.4, 0.5) is 0 Å². The summed E-state index contributed by atoms with van der Waals surface area (Å²) in [5.74, 6) is 1.55. The Balaban J connectivity index is 2.10. The first kappa shape index (κ1) is 17.1. The second-order valence-corrected chi connectivity index (χ2v) is 7.81. The number of benzene rings is 1. The van der Waals surface area contributed by atoms with Crippen molar-refractivity contribution in [2.24, 2.45) is 11.8 Å². The van der Waals surface area contributed by atoms with Gasteiger partial charge in [0.1, 0.15) is 0 Å². The Hall–Kier alpha value is -0.240. The summed E-state index contributed by atoms with van der Waals surface area (Å²) in [7, 11) is 0. The smallest absolute Gasteiger partial charge is 0.0595 e. The van der Waals surface area contributed by atoms with Crippen molar-refractivity contribution >= 4 is 23.2 Å². The van der Waals surface area contributed by atoms with E-state index in [1.54, 1.807) is 0 Å². The Labute approximate surface area is 139 Å². The molecule has 1 aromatic carbocycles. The van der Waals surface area contributed by atoms with E-state index >= 15 is 0 Å². The molecule has 1 aromatic rings. The summed E-state index contributed by atoms with van der Waals surface area (Å²) in [6, 6.07) is 6.17. The lowest BCUT2D eigenvalue weighted by atomic mass is 9.57. The minimum absolute atomic E-state index is 0.253. The highest BCUT2D eigenvalue weighted by Gasteiger charge is 2.44. The molecule has 1 aliphatic rings. The van der Waals surface area contributed by atoms with Crippen LogP contribution >= 0.6 is 23.2 Å². The first-order chi connectivity index (χ1) is 9.97. The van der Waals surface area contributed by atoms with Gasteiger partial charge in [-0.1, -0.05) is 62.9 Å². The van der Waals surface area contributed by atoms with Crippen molar-refractivity contribution in [3.05, 3.63) is 33.8 Å². The van der Waals surface area contributed by atoms with Crippen LogP contribution in [0.15, 0.2) is 18.2 Å². The largest absolute Gasteiger partial charge is 0.316 e. The molecular formula is C18H27Cl2N. The van der Waals surface area contributed by atoms with Crippen molar-refractivity contribution in [1.82, 2.24) is 5.32 Å². The van der Waals surface area contributed by atoms with Gasteiger partial charge in [0.05, 0.1) is 10.0 Å². The zero-order chi connectivity index (χ0) is 15.5. The van der Waals surface area contributed by atoms with Crippen molar-refractivity contribution in [2.45, 2.75) is 51.9 Å². The highest BCUT2D eigenvalue weighted by molar-refractivity contribution is 6.42. The van der Waals surface area contributed by atoms with Gasteiger partial charge in [-0.2, -0.15) is 0 Å². The van der Waals surface area contributed by atoms with Gasteiger partial charge in [0.15, 0.2) is 0 Å². The zero-order valence-electron chi connectivity index (χ0n) is 13.4. The predicted octanol–water partition coefficient (Wildman–Crippen LogP) is 5.69. The molecule has 1 N–H and O–H groups in total. The van der Waals surface area contributed by atoms with Gasteiger partial charge in [-0.3, -0.25) is 0 Å². The van der Waals surface area contributed by atoms with Crippen LogP contribution < -0.4 is 5.32 Å². The van der Waals surface area contributed by atoms with Crippen LogP contribution in [-0.2, 0) is 5.41 Å². The summed E-state index contributed by atoms with van der Waals surface area (Å²) in [5, 5.41) is 4.97. The van der Waals surface area contributed by atoms with Crippen molar-refractivity contribution in [3.8, 4) is 0 Å². The van der Waals surface area contributed by atoms with E-state index in [9.17, 15) is 0 Å². The molecule has 1 saturated carbocycles. The summed E-state index contributed by atoms with van der Waals surface area (Å²) in [6.45, 7) is 8.89. The molecule has 118 valence electrons. The number of halogens is 2. The van der Waals surface area contributed by atoms with E-state index in [0.29, 0.717) is 16.0 Å². The Kier molecular flexibility index (Phi) is 5.99. The van der Waals surface area contributed by atoms with E-state index in [0.717, 1.165) is 19.0 Å². The number of hydrogen-bond donors (Lipinski definition) is 1. The lowest BCUT2D eigenvalue weighted by Crippen LogP contribution is -2.49. The average molecular weight is 328 g/mol. The van der Waals surface area contributed by atoms with E-state index in [-0.39, 0.29) is 5.41 Å². The monoisotopic (exact) mass is 327 g/mol. The van der Waals surface area contributed by atoms with E-state index in [1.807, 2.05) is 6.07 Å². The second kappa shape index (κ2) is 7.35. The zero-order valence-corrected chi connectivity index (χ0v) is 14.9. The first-order valence-corrected chi connectivity index (χ1v) is 8.88. The van der Waals surface area contributed by atoms with Gasteiger partial charge < -0.3 is 5.32 Å². The third-order valence-corrected chi connectivity index (χ3v) is 5.34. The lowest BCUT2D eigenvalue weighted by molar-refractivity contribution is 0.128. The molecule has 0 spiro atoms. The minimum Gasteiger partial charge on any atom is -0.316 e. The maximum Gasteiger partial charge on any atom is 0.0595 e. The van der Waals surface area contributed by atoms with Crippen LogP contribution in [0.25, 0.3) is 0 Å². The Morgan fingerprint density at radius 1 is 1.24 bits per heavy atom. The summed E-state index contributed by atoms with van der Waals surface area (Å²) in [5.41, 5.74) is 1.60. The third kappa shape index (κ3) is 4.15. The SMILES string of the molecule is CCCC1CC(CNCC(C)C)(c2ccc(Cl)c(Cl)c2)C1. The summed E-state index contributed by atoms with van der Waals surface area (Å²) in [4.78, 5) is 0. The molecule has 3 heteroatoms. The summed E-state index contributed by atoms with van der Waals surface area (Å²) < 4.78 is 0. The van der Waals surface area contributed by atoms with Crippen molar-refractivity contribution in [1.29, 1.82) is 0 Å². The van der Waals surface area contributed by atoms with Gasteiger partial charge in [-0.15, -0.1) is 0 Å². The van der Waals surface area contributed by atoms with Crippen LogP contribution in [-0.4, -0.2) is 13.1 Å². The molecule has 0 amide bonds. The molecule has 0 aromatic heterocycles. The normalized spacial score (nSPS) is 25.1. The first-order valence-electron chi connectivity index (χ1n) is 8.13. The van der Waals surface area contributed by atoms with Crippen LogP contribution in [0.1, 0.15) is 52.0 Å². The van der Waals surface area contributed by atoms with E-state index in [1.165, 1.54) is 31.2 Å². The summed E-state index contributed by atoms with van der Waals surface area (Å²) in [6.07, 6.45) is 5.16. The number of nitrogens with one attached hydrogen (secondary N) is 1. The lowest BCUT2D eigenvalue weighted by Gasteiger charge is -2.49. The van der Waals surface area contributed by atoms with Gasteiger partial charge in [0, 0.05) is 12.0 Å². The molecule has 0 radical (unpaired) electrons. The number of hydrogen-bond acceptors (Lipinski definition) is 1. The number of rotatable bonds is 7. The standard InChI is InChI=1S/C18H27Cl2N/c1-4-5-14-9-18(10-14,12-21-11-13(2)3)15-6-7-16(19)17(20)8-15/h6-8,13-14,21H,4-5,9-12H2,1-3H3. The molecule has 1 nitrogen and oxygen atoms in total. The molecule has 0 bridgehead atoms. The molecule has 0 aliphatic heterocycles. The van der Waals surface area contributed by atoms with Crippen molar-refractivity contribution in [3.63, 3.8) is 0 Å². The quantitative estimate of drug-likeness (QED) is 0.678. The fourth-order valence-electron chi connectivity index (χ4n) is 3.57. The minimum atomic E-state index is 0.253. The van der Waals surface area contributed by atoms with Crippen molar-refractivity contribution in [2.75, 3.05) is 13.1 Å². The highest BCUT2D eigenvalue weighted by Crippen LogP contribution is 2.50. The van der Waals surface area contributed by atoms with E-state index < -0.39 is 0 Å². The molecule has 1 aliphatic carbocycles. The van der Waals surface area contributed by atoms with Crippen LogP contribution in [0, 0.1) is 11.8 Å². The molecule has 0 saturated heterocycles. The molecule has 0 unspecified atom stereocenters. The van der Waals surface area contributed by atoms with Crippen LogP contribution in [0.5, 0.6) is 0 Å². The molecular weight excluding hydrogens is 301 g/mol. The molecule has 0 heterocycles. The topological polar surface area (TPSA) is 12.0 Å². The average Bonchev–Trinajstić information content (AvgIpc) is 2.38. The van der Waals surface area contributed by atoms with Gasteiger partial charge in [-0.05, 0) is 48.9 Å². The molecule has 2 rings (SSSR count). The summed E-state index contributed by atoms with van der Waals surface area (Å²) >= 11 is 12.3. The predicted molar refractivity (Wildman–Crippen MR) is 93.5 cm³/mol. The maximum atomic E-state index is 6.23. The van der Waals surface area contributed by atoms with Crippen molar-refractivity contribution < 1.29 is 0 Å². The fraction of sp³-hybridized carbons (Fsp3) is 0.667. The Bertz CT molecular complexity index is 464. The van der Waals surface area contributed by atoms with Gasteiger partial charge in [-0.25, -0.2) is 0 Å². The highest BCUT2D eigenvalue weighted by atomic mass is 35.5. The van der Waals surface area contributed by atoms with E-state index in [4.69, 9.17) is 23.2 Å². The second-order valence-electron chi connectivity index (χ2n) is 7.00. The van der Waals surface area contributed by atoms with E-state index in [2.05, 4.69) is 38.2 Å². The fourth-order valence-corrected chi connectivity index (χ4v) is 3.86. The van der Waals surface area contributed by atoms with Gasteiger partial charge in [0.25, 0.3) is 0 Å². The molecule has 21 heavy (non-hydrogen) atoms. The van der Waals surface area contributed by atoms with Crippen LogP contribution in [0.3, 0.4) is 0 Å². The maximum absolute atomic E-state index is 6.23. The molecule has 0 atom stereocenters. The van der Waals surface area contributed by atoms with Gasteiger partial charge in [0.2, 0.25) is 0 Å². The van der Waals surface area contributed by atoms with Crippen LogP contribution in [0.2, 0.25) is 10.0 Å². The van der Waals surface area contributed by atoms with Gasteiger partial charge >= 0.3 is 0 Å². The molecule has 1 fully saturated rings. The Morgan fingerprint density at radius 3 is 2.52 bits per heavy atom. The Morgan fingerprint density at radius 2 is 1.95 bits per heavy atom.